The predicted octanol–water partition coefficient (Wildman–Crippen LogP) is 0.667. The molecule has 0 saturated carbocycles. The number of fused-ring (bicyclic) bond motifs is 2. The van der Waals surface area contributed by atoms with Gasteiger partial charge in [-0.1, -0.05) is 29.4 Å². The zero-order valence-electron chi connectivity index (χ0n) is 7.40. The Hall–Kier alpha value is -2.03. The second-order valence-corrected chi connectivity index (χ2v) is 3.18. The Bertz CT molecular complexity index is 583. The van der Waals surface area contributed by atoms with Gasteiger partial charge in [-0.05, 0) is 16.5 Å². The third-order valence-electron chi connectivity index (χ3n) is 2.27. The number of hydrogen-bond donors (Lipinski definition) is 1. The van der Waals surface area contributed by atoms with E-state index in [1.165, 1.54) is 0 Å². The van der Waals surface area contributed by atoms with Crippen LogP contribution in [0.3, 0.4) is 0 Å². The van der Waals surface area contributed by atoms with Crippen molar-refractivity contribution in [1.29, 1.82) is 0 Å². The molecule has 0 spiro atoms. The molecule has 3 rings (SSSR count). The van der Waals surface area contributed by atoms with E-state index in [0.717, 1.165) is 21.8 Å². The summed E-state index contributed by atoms with van der Waals surface area (Å²) < 4.78 is 4.87. The van der Waals surface area contributed by atoms with Crippen molar-refractivity contribution >= 4 is 18.0 Å². The molecule has 68 valence electrons. The third kappa shape index (κ3) is 1.03. The second-order valence-electron chi connectivity index (χ2n) is 3.18. The molecule has 0 saturated heterocycles. The minimum atomic E-state index is 0.839. The molecule has 1 aliphatic rings. The first-order valence-corrected chi connectivity index (χ1v) is 4.41. The van der Waals surface area contributed by atoms with Crippen LogP contribution in [-0.4, -0.2) is 5.16 Å². The van der Waals surface area contributed by atoms with E-state index >= 15 is 0 Å². The Balaban J connectivity index is 2.38. The highest BCUT2D eigenvalue weighted by Gasteiger charge is 2.04. The lowest BCUT2D eigenvalue weighted by atomic mass is 10.2. The quantitative estimate of drug-likeness (QED) is 0.653. The third-order valence-corrected chi connectivity index (χ3v) is 2.27. The van der Waals surface area contributed by atoms with Gasteiger partial charge in [-0.2, -0.15) is 0 Å². The number of nitrogens with zero attached hydrogens (tertiary/aromatic N) is 1. The average Bonchev–Trinajstić information content (AvgIpc) is 2.58. The molecule has 0 fully saturated rings. The molecule has 0 unspecified atom stereocenters. The molecule has 1 aromatic heterocycles. The Morgan fingerprint density at radius 2 is 2.00 bits per heavy atom. The fourth-order valence-electron chi connectivity index (χ4n) is 1.53. The summed E-state index contributed by atoms with van der Waals surface area (Å²) in [5, 5.41) is 9.36. The summed E-state index contributed by atoms with van der Waals surface area (Å²) in [6.07, 6.45) is 5.56. The fraction of sp³-hybridized carbons (Fsp3) is 0. The van der Waals surface area contributed by atoms with E-state index in [9.17, 15) is 0 Å². The van der Waals surface area contributed by atoms with Crippen LogP contribution < -0.4 is 15.8 Å². The van der Waals surface area contributed by atoms with Gasteiger partial charge in [0.15, 0.2) is 0 Å². The molecule has 3 heteroatoms. The first-order chi connectivity index (χ1) is 6.93. The van der Waals surface area contributed by atoms with Crippen LogP contribution in [-0.2, 0) is 0 Å². The average molecular weight is 184 g/mol. The Labute approximate surface area is 80.3 Å². The SMILES string of the molecule is C1=c2ccccc2=Cc2nocc2N1. The molecular formula is C11H8N2O. The highest BCUT2D eigenvalue weighted by Crippen LogP contribution is 2.14. The van der Waals surface area contributed by atoms with Crippen LogP contribution in [0.25, 0.3) is 12.3 Å². The predicted molar refractivity (Wildman–Crippen MR) is 53.8 cm³/mol. The van der Waals surface area contributed by atoms with Crippen LogP contribution in [0.15, 0.2) is 35.1 Å². The van der Waals surface area contributed by atoms with E-state index in [1.807, 2.05) is 24.4 Å². The van der Waals surface area contributed by atoms with Crippen LogP contribution in [0, 0.1) is 0 Å². The number of hydrogen-bond acceptors (Lipinski definition) is 3. The largest absolute Gasteiger partial charge is 0.362 e. The first kappa shape index (κ1) is 7.38. The summed E-state index contributed by atoms with van der Waals surface area (Å²) in [6.45, 7) is 0. The summed E-state index contributed by atoms with van der Waals surface area (Å²) in [7, 11) is 0. The van der Waals surface area contributed by atoms with E-state index in [0.29, 0.717) is 0 Å². The lowest BCUT2D eigenvalue weighted by molar-refractivity contribution is 0.418. The van der Waals surface area contributed by atoms with Crippen molar-refractivity contribution in [3.63, 3.8) is 0 Å². The van der Waals surface area contributed by atoms with Crippen molar-refractivity contribution in [1.82, 2.24) is 5.16 Å². The Morgan fingerprint density at radius 1 is 1.14 bits per heavy atom. The van der Waals surface area contributed by atoms with Crippen molar-refractivity contribution in [3.05, 3.63) is 46.7 Å². The zero-order valence-corrected chi connectivity index (χ0v) is 7.40. The molecule has 1 N–H and O–H groups in total. The zero-order chi connectivity index (χ0) is 9.38. The van der Waals surface area contributed by atoms with E-state index in [1.54, 1.807) is 6.26 Å². The maximum atomic E-state index is 4.87. The van der Waals surface area contributed by atoms with Crippen molar-refractivity contribution in [2.24, 2.45) is 0 Å². The molecule has 0 bridgehead atoms. The van der Waals surface area contributed by atoms with Gasteiger partial charge in [-0.15, -0.1) is 0 Å². The number of aromatic nitrogens is 1. The molecule has 2 heterocycles. The molecule has 0 amide bonds. The van der Waals surface area contributed by atoms with E-state index in [-0.39, 0.29) is 0 Å². The van der Waals surface area contributed by atoms with Crippen LogP contribution >= 0.6 is 0 Å². The highest BCUT2D eigenvalue weighted by molar-refractivity contribution is 5.68. The fourth-order valence-corrected chi connectivity index (χ4v) is 1.53. The standard InChI is InChI=1S/C11H8N2O/c1-2-4-9-6-12-11-7-14-13-10(11)5-8(9)3-1/h1-7,12H. The summed E-state index contributed by atoms with van der Waals surface area (Å²) in [6, 6.07) is 8.13. The lowest BCUT2D eigenvalue weighted by Crippen LogP contribution is -2.23. The molecule has 2 aromatic rings. The van der Waals surface area contributed by atoms with Crippen LogP contribution in [0.5, 0.6) is 0 Å². The van der Waals surface area contributed by atoms with Gasteiger partial charge in [-0.3, -0.25) is 0 Å². The number of nitrogens with one attached hydrogen (secondary N) is 1. The van der Waals surface area contributed by atoms with Crippen LogP contribution in [0.1, 0.15) is 5.69 Å². The summed E-state index contributed by atoms with van der Waals surface area (Å²) in [5.74, 6) is 0. The molecule has 3 nitrogen and oxygen atoms in total. The van der Waals surface area contributed by atoms with Gasteiger partial charge in [0.05, 0.1) is 0 Å². The Morgan fingerprint density at radius 3 is 2.93 bits per heavy atom. The minimum Gasteiger partial charge on any atom is -0.362 e. The van der Waals surface area contributed by atoms with E-state index in [2.05, 4.69) is 22.6 Å². The normalized spacial score (nSPS) is 12.6. The van der Waals surface area contributed by atoms with Crippen molar-refractivity contribution in [2.45, 2.75) is 0 Å². The second kappa shape index (κ2) is 2.73. The molecule has 1 aliphatic heterocycles. The molecule has 0 atom stereocenters. The molecular weight excluding hydrogens is 176 g/mol. The van der Waals surface area contributed by atoms with Gasteiger partial charge in [-0.25, -0.2) is 0 Å². The molecule has 0 radical (unpaired) electrons. The highest BCUT2D eigenvalue weighted by atomic mass is 16.5. The van der Waals surface area contributed by atoms with Crippen LogP contribution in [0.4, 0.5) is 5.69 Å². The maximum absolute atomic E-state index is 4.87. The Kier molecular flexibility index (Phi) is 1.44. The van der Waals surface area contributed by atoms with Gasteiger partial charge in [0.1, 0.15) is 17.6 Å². The van der Waals surface area contributed by atoms with Crippen molar-refractivity contribution in [2.75, 3.05) is 5.32 Å². The minimum absolute atomic E-state index is 0.839. The summed E-state index contributed by atoms with van der Waals surface area (Å²) >= 11 is 0. The molecule has 14 heavy (non-hydrogen) atoms. The van der Waals surface area contributed by atoms with E-state index in [4.69, 9.17) is 4.52 Å². The maximum Gasteiger partial charge on any atom is 0.147 e. The molecule has 0 aliphatic carbocycles. The van der Waals surface area contributed by atoms with Crippen molar-refractivity contribution in [3.8, 4) is 0 Å². The van der Waals surface area contributed by atoms with Crippen LogP contribution in [0.2, 0.25) is 0 Å². The summed E-state index contributed by atoms with van der Waals surface area (Å²) in [5.41, 5.74) is 1.74. The number of rotatable bonds is 0. The topological polar surface area (TPSA) is 38.1 Å². The molecule has 1 aromatic carbocycles. The van der Waals surface area contributed by atoms with Gasteiger partial charge in [0, 0.05) is 6.20 Å². The first-order valence-electron chi connectivity index (χ1n) is 4.41. The van der Waals surface area contributed by atoms with Gasteiger partial charge >= 0.3 is 0 Å². The number of benzene rings is 1. The van der Waals surface area contributed by atoms with Gasteiger partial charge < -0.3 is 9.84 Å². The van der Waals surface area contributed by atoms with Crippen molar-refractivity contribution < 1.29 is 4.52 Å². The summed E-state index contributed by atoms with van der Waals surface area (Å²) in [4.78, 5) is 0. The smallest absolute Gasteiger partial charge is 0.147 e. The lowest BCUT2D eigenvalue weighted by Gasteiger charge is -1.91. The van der Waals surface area contributed by atoms with Gasteiger partial charge in [0.2, 0.25) is 0 Å². The van der Waals surface area contributed by atoms with E-state index < -0.39 is 0 Å². The van der Waals surface area contributed by atoms with Gasteiger partial charge in [0.25, 0.3) is 0 Å². The monoisotopic (exact) mass is 184 g/mol. The number of anilines is 1.